The second-order valence-corrected chi connectivity index (χ2v) is 4.15. The molecule has 0 fully saturated rings. The minimum Gasteiger partial charge on any atom is -0.380 e. The highest BCUT2D eigenvalue weighted by Crippen LogP contribution is 2.26. The molecule has 0 spiro atoms. The number of ether oxygens (including phenoxy) is 1. The van der Waals surface area contributed by atoms with Crippen LogP contribution in [0.1, 0.15) is 18.5 Å². The predicted octanol–water partition coefficient (Wildman–Crippen LogP) is 2.53. The van der Waals surface area contributed by atoms with Crippen molar-refractivity contribution in [1.82, 2.24) is 10.3 Å². The summed E-state index contributed by atoms with van der Waals surface area (Å²) >= 11 is 0. The Labute approximate surface area is 102 Å². The van der Waals surface area contributed by atoms with Crippen LogP contribution < -0.4 is 5.32 Å². The number of hydrogen-bond acceptors (Lipinski definition) is 3. The zero-order chi connectivity index (χ0) is 12.3. The highest BCUT2D eigenvalue weighted by Gasteiger charge is 2.18. The van der Waals surface area contributed by atoms with Crippen LogP contribution in [-0.4, -0.2) is 25.2 Å². The lowest BCUT2D eigenvalue weighted by Gasteiger charge is -2.24. The first-order valence-electron chi connectivity index (χ1n) is 5.80. The van der Waals surface area contributed by atoms with Gasteiger partial charge in [0.05, 0.1) is 12.1 Å². The van der Waals surface area contributed by atoms with Gasteiger partial charge in [0, 0.05) is 24.9 Å². The molecule has 1 aromatic carbocycles. The van der Waals surface area contributed by atoms with Crippen molar-refractivity contribution in [1.29, 1.82) is 0 Å². The molecule has 0 aliphatic carbocycles. The van der Waals surface area contributed by atoms with Crippen LogP contribution in [0.25, 0.3) is 10.8 Å². The summed E-state index contributed by atoms with van der Waals surface area (Å²) in [5.41, 5.74) is 1.25. The Hall–Kier alpha value is -1.45. The van der Waals surface area contributed by atoms with Gasteiger partial charge in [-0.3, -0.25) is 4.98 Å². The maximum atomic E-state index is 5.43. The molecule has 0 saturated carbocycles. The van der Waals surface area contributed by atoms with Gasteiger partial charge in [0.1, 0.15) is 0 Å². The van der Waals surface area contributed by atoms with E-state index in [0.29, 0.717) is 0 Å². The van der Waals surface area contributed by atoms with Crippen LogP contribution in [0.3, 0.4) is 0 Å². The van der Waals surface area contributed by atoms with Crippen LogP contribution in [0.2, 0.25) is 0 Å². The van der Waals surface area contributed by atoms with E-state index >= 15 is 0 Å². The average molecular weight is 230 g/mol. The molecule has 90 valence electrons. The van der Waals surface area contributed by atoms with E-state index in [0.717, 1.165) is 5.39 Å². The van der Waals surface area contributed by atoms with E-state index in [-0.39, 0.29) is 12.1 Å². The summed E-state index contributed by atoms with van der Waals surface area (Å²) in [5, 5.41) is 5.70. The lowest BCUT2D eigenvalue weighted by atomic mass is 9.97. The Balaban J connectivity index is 2.53. The summed E-state index contributed by atoms with van der Waals surface area (Å²) in [5.74, 6) is 0. The molecule has 0 saturated heterocycles. The van der Waals surface area contributed by atoms with Crippen LogP contribution in [0.4, 0.5) is 0 Å². The molecule has 2 atom stereocenters. The Morgan fingerprint density at radius 1 is 1.29 bits per heavy atom. The smallest absolute Gasteiger partial charge is 0.0738 e. The van der Waals surface area contributed by atoms with Crippen LogP contribution in [0.5, 0.6) is 0 Å². The minimum atomic E-state index is 0.124. The first-order chi connectivity index (χ1) is 8.27. The van der Waals surface area contributed by atoms with Crippen molar-refractivity contribution in [2.75, 3.05) is 14.2 Å². The summed E-state index contributed by atoms with van der Waals surface area (Å²) < 4.78 is 5.43. The zero-order valence-corrected chi connectivity index (χ0v) is 10.5. The highest BCUT2D eigenvalue weighted by molar-refractivity contribution is 5.85. The second kappa shape index (κ2) is 5.25. The number of aromatic nitrogens is 1. The normalized spacial score (nSPS) is 14.8. The Bertz CT molecular complexity index is 493. The van der Waals surface area contributed by atoms with Gasteiger partial charge < -0.3 is 10.1 Å². The van der Waals surface area contributed by atoms with Crippen molar-refractivity contribution in [3.63, 3.8) is 0 Å². The molecule has 3 nitrogen and oxygen atoms in total. The summed E-state index contributed by atoms with van der Waals surface area (Å²) in [6, 6.07) is 8.52. The van der Waals surface area contributed by atoms with Gasteiger partial charge in [-0.1, -0.05) is 18.2 Å². The van der Waals surface area contributed by atoms with Gasteiger partial charge in [0.2, 0.25) is 0 Å². The molecule has 0 aliphatic rings. The van der Waals surface area contributed by atoms with Gasteiger partial charge in [0.25, 0.3) is 0 Å². The number of benzene rings is 1. The fourth-order valence-corrected chi connectivity index (χ4v) is 2.20. The molecule has 2 unspecified atom stereocenters. The van der Waals surface area contributed by atoms with Gasteiger partial charge in [0.15, 0.2) is 0 Å². The molecule has 1 N–H and O–H groups in total. The summed E-state index contributed by atoms with van der Waals surface area (Å²) in [7, 11) is 3.70. The number of methoxy groups -OCH3 is 1. The number of rotatable bonds is 4. The Kier molecular flexibility index (Phi) is 3.71. The molecular formula is C14H18N2O. The number of nitrogens with one attached hydrogen (secondary N) is 1. The standard InChI is InChI=1S/C14H18N2O/c1-10(17-3)14(15-2)13-6-4-5-11-9-16-8-7-12(11)13/h4-10,14-15H,1-3H3. The van der Waals surface area contributed by atoms with Crippen molar-refractivity contribution in [3.8, 4) is 0 Å². The molecule has 1 heterocycles. The molecule has 0 amide bonds. The largest absolute Gasteiger partial charge is 0.380 e. The number of hydrogen-bond donors (Lipinski definition) is 1. The zero-order valence-electron chi connectivity index (χ0n) is 10.5. The van der Waals surface area contributed by atoms with E-state index in [1.54, 1.807) is 7.11 Å². The third-order valence-electron chi connectivity index (χ3n) is 3.20. The van der Waals surface area contributed by atoms with Crippen molar-refractivity contribution in [2.45, 2.75) is 19.1 Å². The quantitative estimate of drug-likeness (QED) is 0.876. The molecule has 1 aromatic heterocycles. The molecule has 0 radical (unpaired) electrons. The lowest BCUT2D eigenvalue weighted by Crippen LogP contribution is -2.28. The average Bonchev–Trinajstić information content (AvgIpc) is 2.39. The third-order valence-corrected chi connectivity index (χ3v) is 3.20. The molecule has 0 bridgehead atoms. The minimum absolute atomic E-state index is 0.124. The summed E-state index contributed by atoms with van der Waals surface area (Å²) in [4.78, 5) is 4.15. The van der Waals surface area contributed by atoms with E-state index in [4.69, 9.17) is 4.74 Å². The van der Waals surface area contributed by atoms with E-state index in [1.165, 1.54) is 10.9 Å². The molecular weight excluding hydrogens is 212 g/mol. The van der Waals surface area contributed by atoms with Gasteiger partial charge >= 0.3 is 0 Å². The topological polar surface area (TPSA) is 34.2 Å². The van der Waals surface area contributed by atoms with Crippen molar-refractivity contribution in [3.05, 3.63) is 42.2 Å². The Morgan fingerprint density at radius 2 is 2.12 bits per heavy atom. The monoisotopic (exact) mass is 230 g/mol. The number of fused-ring (bicyclic) bond motifs is 1. The maximum Gasteiger partial charge on any atom is 0.0738 e. The lowest BCUT2D eigenvalue weighted by molar-refractivity contribution is 0.0861. The first-order valence-corrected chi connectivity index (χ1v) is 5.80. The van der Waals surface area contributed by atoms with Gasteiger partial charge in [-0.2, -0.15) is 0 Å². The van der Waals surface area contributed by atoms with E-state index < -0.39 is 0 Å². The predicted molar refractivity (Wildman–Crippen MR) is 70.0 cm³/mol. The van der Waals surface area contributed by atoms with Crippen LogP contribution in [0.15, 0.2) is 36.7 Å². The molecule has 3 heteroatoms. The first kappa shape index (κ1) is 12.0. The van der Waals surface area contributed by atoms with Crippen molar-refractivity contribution >= 4 is 10.8 Å². The number of likely N-dealkylation sites (N-methyl/N-ethyl adjacent to an activating group) is 1. The van der Waals surface area contributed by atoms with Gasteiger partial charge in [-0.05, 0) is 31.0 Å². The van der Waals surface area contributed by atoms with E-state index in [2.05, 4.69) is 41.5 Å². The van der Waals surface area contributed by atoms with Crippen molar-refractivity contribution in [2.24, 2.45) is 0 Å². The number of pyridine rings is 1. The van der Waals surface area contributed by atoms with E-state index in [1.807, 2.05) is 19.4 Å². The van der Waals surface area contributed by atoms with Crippen LogP contribution in [0, 0.1) is 0 Å². The highest BCUT2D eigenvalue weighted by atomic mass is 16.5. The summed E-state index contributed by atoms with van der Waals surface area (Å²) in [6.45, 7) is 2.07. The third kappa shape index (κ3) is 2.30. The Morgan fingerprint density at radius 3 is 2.82 bits per heavy atom. The molecule has 2 aromatic rings. The second-order valence-electron chi connectivity index (χ2n) is 4.15. The fourth-order valence-electron chi connectivity index (χ4n) is 2.20. The molecule has 17 heavy (non-hydrogen) atoms. The summed E-state index contributed by atoms with van der Waals surface area (Å²) in [6.07, 6.45) is 3.85. The molecule has 2 rings (SSSR count). The maximum absolute atomic E-state index is 5.43. The van der Waals surface area contributed by atoms with E-state index in [9.17, 15) is 0 Å². The van der Waals surface area contributed by atoms with Gasteiger partial charge in [-0.15, -0.1) is 0 Å². The molecule has 0 aliphatic heterocycles. The van der Waals surface area contributed by atoms with Crippen LogP contribution in [-0.2, 0) is 4.74 Å². The van der Waals surface area contributed by atoms with Crippen LogP contribution >= 0.6 is 0 Å². The van der Waals surface area contributed by atoms with Crippen molar-refractivity contribution < 1.29 is 4.74 Å². The van der Waals surface area contributed by atoms with Gasteiger partial charge in [-0.25, -0.2) is 0 Å². The fraction of sp³-hybridized carbons (Fsp3) is 0.357. The SMILES string of the molecule is CNC(c1cccc2cnccc12)C(C)OC. The number of nitrogens with zero attached hydrogens (tertiary/aromatic N) is 1.